The lowest BCUT2D eigenvalue weighted by molar-refractivity contribution is -0.275. The van der Waals surface area contributed by atoms with E-state index in [1.807, 2.05) is 0 Å². The Bertz CT molecular complexity index is 811. The fraction of sp³-hybridized carbons (Fsp3) is 0.400. The Kier molecular flexibility index (Phi) is 7.98. The second-order valence-corrected chi connectivity index (χ2v) is 6.56. The first kappa shape index (κ1) is 23.1. The molecule has 0 radical (unpaired) electrons. The molecule has 0 aliphatic carbocycles. The molecular formula is C20H22ClF4NO3. The van der Waals surface area contributed by atoms with Crippen molar-refractivity contribution in [1.82, 2.24) is 5.32 Å². The van der Waals surface area contributed by atoms with Gasteiger partial charge in [-0.15, -0.1) is 25.6 Å². The number of halogens is 5. The molecule has 1 saturated heterocycles. The van der Waals surface area contributed by atoms with E-state index in [4.69, 9.17) is 9.47 Å². The third-order valence-electron chi connectivity index (χ3n) is 4.59. The number of nitrogens with one attached hydrogen (secondary N) is 1. The molecule has 1 N–H and O–H groups in total. The van der Waals surface area contributed by atoms with E-state index in [2.05, 4.69) is 10.1 Å². The van der Waals surface area contributed by atoms with Gasteiger partial charge >= 0.3 is 6.36 Å². The minimum Gasteiger partial charge on any atom is -0.497 e. The number of benzene rings is 2. The highest BCUT2D eigenvalue weighted by atomic mass is 35.5. The average molecular weight is 436 g/mol. The molecule has 0 saturated carbocycles. The van der Waals surface area contributed by atoms with Crippen molar-refractivity contribution in [3.8, 4) is 28.4 Å². The zero-order valence-corrected chi connectivity index (χ0v) is 16.5. The molecule has 0 unspecified atom stereocenters. The lowest BCUT2D eigenvalue weighted by Gasteiger charge is -2.23. The highest BCUT2D eigenvalue weighted by Gasteiger charge is 2.33. The van der Waals surface area contributed by atoms with Gasteiger partial charge in [0, 0.05) is 5.56 Å². The maximum absolute atomic E-state index is 14.3. The van der Waals surface area contributed by atoms with Crippen molar-refractivity contribution in [3.63, 3.8) is 0 Å². The molecule has 1 aliphatic rings. The first-order valence-corrected chi connectivity index (χ1v) is 8.93. The Labute approximate surface area is 172 Å². The van der Waals surface area contributed by atoms with E-state index in [-0.39, 0.29) is 36.2 Å². The van der Waals surface area contributed by atoms with Crippen LogP contribution in [0.3, 0.4) is 0 Å². The molecule has 4 nitrogen and oxygen atoms in total. The van der Waals surface area contributed by atoms with E-state index in [0.29, 0.717) is 11.3 Å². The molecular weight excluding hydrogens is 414 g/mol. The van der Waals surface area contributed by atoms with Crippen LogP contribution in [-0.4, -0.2) is 33.2 Å². The van der Waals surface area contributed by atoms with Crippen LogP contribution in [0, 0.1) is 11.7 Å². The Morgan fingerprint density at radius 1 is 1.03 bits per heavy atom. The summed E-state index contributed by atoms with van der Waals surface area (Å²) in [6.07, 6.45) is -3.10. The van der Waals surface area contributed by atoms with Gasteiger partial charge in [0.1, 0.15) is 11.6 Å². The van der Waals surface area contributed by atoms with Crippen molar-refractivity contribution < 1.29 is 31.8 Å². The lowest BCUT2D eigenvalue weighted by Crippen LogP contribution is -2.30. The molecule has 0 amide bonds. The Hall–Kier alpha value is -2.19. The number of hydrogen-bond donors (Lipinski definition) is 1. The van der Waals surface area contributed by atoms with E-state index in [0.717, 1.165) is 32.0 Å². The summed E-state index contributed by atoms with van der Waals surface area (Å²) in [7, 11) is 1.45. The molecule has 1 aliphatic heterocycles. The number of ether oxygens (including phenoxy) is 3. The minimum atomic E-state index is -4.85. The van der Waals surface area contributed by atoms with E-state index in [1.54, 1.807) is 0 Å². The first-order valence-electron chi connectivity index (χ1n) is 8.93. The highest BCUT2D eigenvalue weighted by Crippen LogP contribution is 2.38. The zero-order valence-electron chi connectivity index (χ0n) is 15.7. The Balaban J connectivity index is 0.00000300. The summed E-state index contributed by atoms with van der Waals surface area (Å²) < 4.78 is 67.3. The van der Waals surface area contributed by atoms with Crippen LogP contribution in [0.2, 0.25) is 0 Å². The van der Waals surface area contributed by atoms with E-state index >= 15 is 0 Å². The van der Waals surface area contributed by atoms with Gasteiger partial charge in [-0.05, 0) is 67.7 Å². The van der Waals surface area contributed by atoms with Gasteiger partial charge in [-0.3, -0.25) is 0 Å². The van der Waals surface area contributed by atoms with Crippen LogP contribution in [-0.2, 0) is 0 Å². The molecule has 9 heteroatoms. The molecule has 0 spiro atoms. The maximum Gasteiger partial charge on any atom is 0.573 e. The van der Waals surface area contributed by atoms with Crippen LogP contribution in [0.1, 0.15) is 12.8 Å². The van der Waals surface area contributed by atoms with Crippen molar-refractivity contribution in [2.24, 2.45) is 5.92 Å². The van der Waals surface area contributed by atoms with Crippen LogP contribution in [0.25, 0.3) is 11.1 Å². The molecule has 29 heavy (non-hydrogen) atoms. The fourth-order valence-corrected chi connectivity index (χ4v) is 3.11. The van der Waals surface area contributed by atoms with Crippen LogP contribution < -0.4 is 19.5 Å². The molecule has 160 valence electrons. The van der Waals surface area contributed by atoms with Gasteiger partial charge in [0.2, 0.25) is 0 Å². The summed E-state index contributed by atoms with van der Waals surface area (Å²) in [6.45, 7) is 1.95. The summed E-state index contributed by atoms with van der Waals surface area (Å²) in [5.41, 5.74) is 0.566. The van der Waals surface area contributed by atoms with Crippen molar-refractivity contribution in [2.45, 2.75) is 19.2 Å². The van der Waals surface area contributed by atoms with Crippen molar-refractivity contribution >= 4 is 12.4 Å². The van der Waals surface area contributed by atoms with Gasteiger partial charge in [0.05, 0.1) is 13.7 Å². The second-order valence-electron chi connectivity index (χ2n) is 6.56. The van der Waals surface area contributed by atoms with Gasteiger partial charge in [-0.1, -0.05) is 6.07 Å². The molecule has 1 heterocycles. The highest BCUT2D eigenvalue weighted by molar-refractivity contribution is 5.85. The van der Waals surface area contributed by atoms with E-state index in [1.165, 1.54) is 37.4 Å². The monoisotopic (exact) mass is 435 g/mol. The number of methoxy groups -OCH3 is 1. The van der Waals surface area contributed by atoms with Crippen molar-refractivity contribution in [1.29, 1.82) is 0 Å². The smallest absolute Gasteiger partial charge is 0.497 e. The van der Waals surface area contributed by atoms with Gasteiger partial charge in [-0.25, -0.2) is 4.39 Å². The molecule has 2 aromatic carbocycles. The predicted octanol–water partition coefficient (Wildman–Crippen LogP) is 5.20. The molecule has 0 bridgehead atoms. The van der Waals surface area contributed by atoms with Gasteiger partial charge in [0.15, 0.2) is 11.5 Å². The maximum atomic E-state index is 14.3. The van der Waals surface area contributed by atoms with Gasteiger partial charge in [0.25, 0.3) is 0 Å². The van der Waals surface area contributed by atoms with Crippen LogP contribution in [0.4, 0.5) is 17.6 Å². The molecule has 2 aromatic rings. The van der Waals surface area contributed by atoms with Crippen LogP contribution >= 0.6 is 12.4 Å². The molecule has 3 rings (SSSR count). The van der Waals surface area contributed by atoms with Crippen molar-refractivity contribution in [2.75, 3.05) is 26.8 Å². The summed E-state index contributed by atoms with van der Waals surface area (Å²) in [5, 5.41) is 3.22. The Morgan fingerprint density at radius 2 is 1.76 bits per heavy atom. The summed E-state index contributed by atoms with van der Waals surface area (Å²) in [5.74, 6) is -0.375. The summed E-state index contributed by atoms with van der Waals surface area (Å²) in [6, 6.07) is 8.04. The largest absolute Gasteiger partial charge is 0.573 e. The first-order chi connectivity index (χ1) is 13.4. The Morgan fingerprint density at radius 3 is 2.41 bits per heavy atom. The van der Waals surface area contributed by atoms with Crippen LogP contribution in [0.5, 0.6) is 17.2 Å². The number of hydrogen-bond acceptors (Lipinski definition) is 4. The number of piperidine rings is 1. The number of alkyl halides is 3. The van der Waals surface area contributed by atoms with Crippen molar-refractivity contribution in [3.05, 3.63) is 42.2 Å². The van der Waals surface area contributed by atoms with Gasteiger partial charge in [-0.2, -0.15) is 0 Å². The average Bonchev–Trinajstić information content (AvgIpc) is 2.67. The molecule has 0 aromatic heterocycles. The zero-order chi connectivity index (χ0) is 20.1. The normalized spacial score (nSPS) is 14.8. The molecule has 0 atom stereocenters. The van der Waals surface area contributed by atoms with Crippen LogP contribution in [0.15, 0.2) is 36.4 Å². The quantitative estimate of drug-likeness (QED) is 0.633. The minimum absolute atomic E-state index is 0. The fourth-order valence-electron chi connectivity index (χ4n) is 3.11. The third kappa shape index (κ3) is 6.40. The van der Waals surface area contributed by atoms with E-state index < -0.39 is 17.9 Å². The predicted molar refractivity (Wildman–Crippen MR) is 103 cm³/mol. The SMILES string of the molecule is COc1ccc(F)c(-c2ccc(OC(F)(F)F)c(OCC3CCNCC3)c2)c1.Cl. The standard InChI is InChI=1S/C20H21F4NO3.ClH/c1-26-15-3-4-17(21)16(11-15)14-2-5-18(28-20(22,23)24)19(10-14)27-12-13-6-8-25-9-7-13;/h2-5,10-11,13,25H,6-9,12H2,1H3;1H. The third-order valence-corrected chi connectivity index (χ3v) is 4.59. The van der Waals surface area contributed by atoms with Gasteiger partial charge < -0.3 is 19.5 Å². The summed E-state index contributed by atoms with van der Waals surface area (Å²) >= 11 is 0. The number of rotatable bonds is 6. The molecule has 1 fully saturated rings. The second kappa shape index (κ2) is 10.0. The summed E-state index contributed by atoms with van der Waals surface area (Å²) in [4.78, 5) is 0. The van der Waals surface area contributed by atoms with E-state index in [9.17, 15) is 17.6 Å². The topological polar surface area (TPSA) is 39.7 Å². The lowest BCUT2D eigenvalue weighted by atomic mass is 9.99.